The first-order chi connectivity index (χ1) is 10.2. The molecule has 1 aliphatic carbocycles. The van der Waals surface area contributed by atoms with Crippen molar-refractivity contribution in [3.05, 3.63) is 59.3 Å². The predicted octanol–water partition coefficient (Wildman–Crippen LogP) is 2.68. The average molecular weight is 288 g/mol. The summed E-state index contributed by atoms with van der Waals surface area (Å²) < 4.78 is 19.0. The molecular weight excluding hydrogens is 271 g/mol. The summed E-state index contributed by atoms with van der Waals surface area (Å²) in [6.07, 6.45) is 3.34. The molecule has 0 unspecified atom stereocenters. The summed E-state index contributed by atoms with van der Waals surface area (Å²) in [5, 5.41) is 0. The van der Waals surface area contributed by atoms with Crippen LogP contribution in [0, 0.1) is 5.82 Å². The van der Waals surface area contributed by atoms with Crippen LogP contribution in [0.4, 0.5) is 4.39 Å². The van der Waals surface area contributed by atoms with E-state index >= 15 is 0 Å². The first kappa shape index (κ1) is 13.8. The Balaban J connectivity index is 1.81. The molecule has 1 amide bonds. The highest BCUT2D eigenvalue weighted by Crippen LogP contribution is 2.30. The Bertz CT molecular complexity index is 649. The van der Waals surface area contributed by atoms with Crippen LogP contribution >= 0.6 is 0 Å². The maximum atomic E-state index is 13.8. The van der Waals surface area contributed by atoms with E-state index in [1.165, 1.54) is 12.3 Å². The zero-order chi connectivity index (χ0) is 14.8. The molecule has 1 heterocycles. The highest BCUT2D eigenvalue weighted by atomic mass is 19.1. The summed E-state index contributed by atoms with van der Waals surface area (Å²) in [4.78, 5) is 14.3. The van der Waals surface area contributed by atoms with Gasteiger partial charge in [0.2, 0.25) is 0 Å². The van der Waals surface area contributed by atoms with Crippen molar-refractivity contribution in [2.45, 2.75) is 32.0 Å². The van der Waals surface area contributed by atoms with Crippen molar-refractivity contribution in [3.8, 4) is 0 Å². The lowest BCUT2D eigenvalue weighted by molar-refractivity contribution is 0.0727. The van der Waals surface area contributed by atoms with E-state index in [2.05, 4.69) is 0 Å². The average Bonchev–Trinajstić information content (AvgIpc) is 3.22. The van der Waals surface area contributed by atoms with Gasteiger partial charge in [0.15, 0.2) is 0 Å². The van der Waals surface area contributed by atoms with Gasteiger partial charge < -0.3 is 15.1 Å². The van der Waals surface area contributed by atoms with Crippen LogP contribution in [0.5, 0.6) is 0 Å². The third-order valence-electron chi connectivity index (χ3n) is 3.65. The maximum absolute atomic E-state index is 13.8. The van der Waals surface area contributed by atoms with Crippen LogP contribution in [0.1, 0.15) is 34.5 Å². The summed E-state index contributed by atoms with van der Waals surface area (Å²) in [6, 6.07) is 8.38. The summed E-state index contributed by atoms with van der Waals surface area (Å²) in [5.74, 6) is 0.148. The first-order valence-electron chi connectivity index (χ1n) is 7.01. The summed E-state index contributed by atoms with van der Waals surface area (Å²) in [5.41, 5.74) is 6.49. The summed E-state index contributed by atoms with van der Waals surface area (Å²) in [6.45, 7) is 0.531. The lowest BCUT2D eigenvalue weighted by Gasteiger charge is -2.22. The fourth-order valence-electron chi connectivity index (χ4n) is 2.33. The zero-order valence-electron chi connectivity index (χ0n) is 11.6. The van der Waals surface area contributed by atoms with Gasteiger partial charge >= 0.3 is 0 Å². The second-order valence-corrected chi connectivity index (χ2v) is 5.26. The van der Waals surface area contributed by atoms with E-state index in [-0.39, 0.29) is 30.9 Å². The summed E-state index contributed by atoms with van der Waals surface area (Å²) >= 11 is 0. The minimum absolute atomic E-state index is 0.135. The van der Waals surface area contributed by atoms with E-state index in [0.717, 1.165) is 12.8 Å². The van der Waals surface area contributed by atoms with Crippen molar-refractivity contribution in [1.82, 2.24) is 4.90 Å². The van der Waals surface area contributed by atoms with Gasteiger partial charge in [-0.2, -0.15) is 0 Å². The molecule has 0 saturated heterocycles. The minimum Gasteiger partial charge on any atom is -0.467 e. The zero-order valence-corrected chi connectivity index (χ0v) is 11.6. The molecule has 2 aromatic rings. The molecule has 3 rings (SSSR count). The van der Waals surface area contributed by atoms with E-state index in [1.807, 2.05) is 0 Å². The Kier molecular flexibility index (Phi) is 3.75. The van der Waals surface area contributed by atoms with Crippen molar-refractivity contribution < 1.29 is 13.6 Å². The second kappa shape index (κ2) is 5.69. The van der Waals surface area contributed by atoms with Crippen molar-refractivity contribution in [3.63, 3.8) is 0 Å². The van der Waals surface area contributed by atoms with Crippen LogP contribution in [-0.4, -0.2) is 16.8 Å². The van der Waals surface area contributed by atoms with E-state index in [4.69, 9.17) is 10.2 Å². The number of benzene rings is 1. The number of halogens is 1. The molecule has 110 valence electrons. The standard InChI is InChI=1S/C16H17FN2O2/c17-15-4-2-1-3-11(15)9-19(13-5-6-13)16(20)12-7-14(8-18)21-10-12/h1-4,7,10,13H,5-6,8-9,18H2. The Morgan fingerprint density at radius 2 is 2.14 bits per heavy atom. The maximum Gasteiger partial charge on any atom is 0.257 e. The van der Waals surface area contributed by atoms with Crippen molar-refractivity contribution in [2.24, 2.45) is 5.73 Å². The molecule has 1 fully saturated rings. The Hall–Kier alpha value is -2.14. The monoisotopic (exact) mass is 288 g/mol. The molecule has 21 heavy (non-hydrogen) atoms. The van der Waals surface area contributed by atoms with Gasteiger partial charge in [-0.05, 0) is 25.0 Å². The molecule has 1 saturated carbocycles. The molecule has 1 aliphatic rings. The van der Waals surface area contributed by atoms with Crippen LogP contribution in [0.2, 0.25) is 0 Å². The molecule has 2 N–H and O–H groups in total. The molecule has 1 aromatic heterocycles. The number of hydrogen-bond acceptors (Lipinski definition) is 3. The largest absolute Gasteiger partial charge is 0.467 e. The van der Waals surface area contributed by atoms with Crippen LogP contribution in [-0.2, 0) is 13.1 Å². The molecule has 0 spiro atoms. The number of rotatable bonds is 5. The molecule has 5 heteroatoms. The van der Waals surface area contributed by atoms with E-state index in [9.17, 15) is 9.18 Å². The van der Waals surface area contributed by atoms with Crippen LogP contribution in [0.15, 0.2) is 41.0 Å². The highest BCUT2D eigenvalue weighted by molar-refractivity contribution is 5.94. The number of furan rings is 1. The molecule has 0 aliphatic heterocycles. The molecule has 4 nitrogen and oxygen atoms in total. The lowest BCUT2D eigenvalue weighted by Crippen LogP contribution is -2.32. The van der Waals surface area contributed by atoms with Gasteiger partial charge in [-0.25, -0.2) is 4.39 Å². The van der Waals surface area contributed by atoms with Crippen molar-refractivity contribution >= 4 is 5.91 Å². The summed E-state index contributed by atoms with van der Waals surface area (Å²) in [7, 11) is 0. The van der Waals surface area contributed by atoms with Crippen molar-refractivity contribution in [1.29, 1.82) is 0 Å². The van der Waals surface area contributed by atoms with Gasteiger partial charge in [0.1, 0.15) is 17.8 Å². The van der Waals surface area contributed by atoms with Crippen molar-refractivity contribution in [2.75, 3.05) is 0 Å². The Morgan fingerprint density at radius 3 is 2.76 bits per heavy atom. The molecule has 0 bridgehead atoms. The van der Waals surface area contributed by atoms with Crippen LogP contribution in [0.3, 0.4) is 0 Å². The van der Waals surface area contributed by atoms with Gasteiger partial charge in [-0.3, -0.25) is 4.79 Å². The predicted molar refractivity (Wildman–Crippen MR) is 75.9 cm³/mol. The van der Waals surface area contributed by atoms with E-state index < -0.39 is 0 Å². The molecule has 1 aromatic carbocycles. The topological polar surface area (TPSA) is 59.5 Å². The number of hydrogen-bond donors (Lipinski definition) is 1. The van der Waals surface area contributed by atoms with Crippen LogP contribution < -0.4 is 5.73 Å². The fourth-order valence-corrected chi connectivity index (χ4v) is 2.33. The Labute approximate surface area is 122 Å². The SMILES string of the molecule is NCc1cc(C(=O)N(Cc2ccccc2F)C2CC2)co1. The minimum atomic E-state index is -0.286. The number of nitrogens with zero attached hydrogens (tertiary/aromatic N) is 1. The highest BCUT2D eigenvalue weighted by Gasteiger charge is 2.34. The van der Waals surface area contributed by atoms with Gasteiger partial charge in [0.25, 0.3) is 5.91 Å². The number of carbonyl (C=O) groups is 1. The number of nitrogens with two attached hydrogens (primary N) is 1. The van der Waals surface area contributed by atoms with E-state index in [0.29, 0.717) is 16.9 Å². The molecule has 0 radical (unpaired) electrons. The van der Waals surface area contributed by atoms with Gasteiger partial charge in [-0.1, -0.05) is 18.2 Å². The molecular formula is C16H17FN2O2. The Morgan fingerprint density at radius 1 is 1.38 bits per heavy atom. The number of amides is 1. The van der Waals surface area contributed by atoms with Gasteiger partial charge in [-0.15, -0.1) is 0 Å². The normalized spacial score (nSPS) is 14.2. The third-order valence-corrected chi connectivity index (χ3v) is 3.65. The van der Waals surface area contributed by atoms with E-state index in [1.54, 1.807) is 29.2 Å². The lowest BCUT2D eigenvalue weighted by atomic mass is 10.1. The quantitative estimate of drug-likeness (QED) is 0.920. The third kappa shape index (κ3) is 2.97. The van der Waals surface area contributed by atoms with Crippen LogP contribution in [0.25, 0.3) is 0 Å². The smallest absolute Gasteiger partial charge is 0.257 e. The fraction of sp³-hybridized carbons (Fsp3) is 0.312. The van der Waals surface area contributed by atoms with Gasteiger partial charge in [0, 0.05) is 18.2 Å². The number of carbonyl (C=O) groups excluding carboxylic acids is 1. The first-order valence-corrected chi connectivity index (χ1v) is 7.01. The van der Waals surface area contributed by atoms with Gasteiger partial charge in [0.05, 0.1) is 12.1 Å². The molecule has 0 atom stereocenters. The second-order valence-electron chi connectivity index (χ2n) is 5.26.